The van der Waals surface area contributed by atoms with E-state index in [0.29, 0.717) is 32.4 Å². The van der Waals surface area contributed by atoms with Gasteiger partial charge in [0.1, 0.15) is 0 Å². The van der Waals surface area contributed by atoms with Crippen LogP contribution < -0.4 is 10.6 Å². The van der Waals surface area contributed by atoms with Gasteiger partial charge in [0.15, 0.2) is 0 Å². The summed E-state index contributed by atoms with van der Waals surface area (Å²) in [4.78, 5) is 35.8. The normalized spacial score (nSPS) is 10.2. The molecule has 0 fully saturated rings. The first kappa shape index (κ1) is 52.6. The topological polar surface area (TPSA) is 170 Å². The minimum absolute atomic E-state index is 0.0680. The predicted octanol–water partition coefficient (Wildman–Crippen LogP) is 11.7. The number of nitrogens with zero attached hydrogens (tertiary/aromatic N) is 4. The second-order valence-electron chi connectivity index (χ2n) is 12.5. The van der Waals surface area contributed by atoms with Crippen molar-refractivity contribution in [1.29, 1.82) is 0 Å². The van der Waals surface area contributed by atoms with E-state index in [4.69, 9.17) is 10.7 Å². The highest BCUT2D eigenvalue weighted by Gasteiger charge is 2.00. The quantitative estimate of drug-likeness (QED) is 0.0136. The van der Waals surface area contributed by atoms with Crippen molar-refractivity contribution in [3.05, 3.63) is 45.0 Å². The number of esters is 2. The number of hydrogen-bond donors (Lipinski definition) is 2. The Morgan fingerprint density at radius 3 is 1.40 bits per heavy atom. The lowest BCUT2D eigenvalue weighted by Crippen LogP contribution is -2.35. The van der Waals surface area contributed by atoms with E-state index in [-0.39, 0.29) is 18.0 Å². The molecule has 0 aromatic carbocycles. The summed E-state index contributed by atoms with van der Waals surface area (Å²) in [5.41, 5.74) is 8.13. The summed E-state index contributed by atoms with van der Waals surface area (Å²) in [5, 5.41) is 20.5. The zero-order chi connectivity index (χ0) is 39.0. The summed E-state index contributed by atoms with van der Waals surface area (Å²) in [5.74, 6) is -0.186. The molecule has 0 rings (SSSR count). The molecule has 0 aliphatic heterocycles. The SMILES string of the molecule is CCC#[N+][O-].CCNC(=O)NCCCC/C=C\CCCCCCCCCC(=O)OC.COC(=O)CCCCCCCCC/C=C\CCCCN=[N+]=[N-]. The molecule has 12 heteroatoms. The largest absolute Gasteiger partial charge is 0.498 e. The molecule has 0 saturated carbocycles. The van der Waals surface area contributed by atoms with Gasteiger partial charge in [0, 0.05) is 42.4 Å². The average molecular weight is 735 g/mol. The van der Waals surface area contributed by atoms with E-state index in [2.05, 4.69) is 65.5 Å². The molecule has 12 nitrogen and oxygen atoms in total. The van der Waals surface area contributed by atoms with Gasteiger partial charge in [-0.25, -0.2) is 4.79 Å². The van der Waals surface area contributed by atoms with Crippen LogP contribution >= 0.6 is 0 Å². The molecule has 0 aliphatic carbocycles. The Balaban J connectivity index is -0.000000820. The van der Waals surface area contributed by atoms with Crippen molar-refractivity contribution < 1.29 is 23.9 Å². The molecule has 52 heavy (non-hydrogen) atoms. The van der Waals surface area contributed by atoms with Gasteiger partial charge in [0.25, 0.3) is 6.07 Å². The lowest BCUT2D eigenvalue weighted by Gasteiger charge is -2.04. The number of urea groups is 1. The van der Waals surface area contributed by atoms with E-state index in [9.17, 15) is 14.4 Å². The first-order valence-electron chi connectivity index (χ1n) is 19.9. The third-order valence-electron chi connectivity index (χ3n) is 7.88. The van der Waals surface area contributed by atoms with Crippen molar-refractivity contribution in [2.24, 2.45) is 5.11 Å². The summed E-state index contributed by atoms with van der Waals surface area (Å²) in [7, 11) is 2.89. The number of methoxy groups -OCH3 is 2. The number of amides is 2. The fourth-order valence-corrected chi connectivity index (χ4v) is 4.87. The monoisotopic (exact) mass is 735 g/mol. The number of carbonyl (C=O) groups is 3. The first-order chi connectivity index (χ1) is 25.4. The van der Waals surface area contributed by atoms with Crippen LogP contribution in [0.25, 0.3) is 15.5 Å². The van der Waals surface area contributed by atoms with Crippen LogP contribution in [-0.4, -0.2) is 51.8 Å². The minimum atomic E-state index is -0.0930. The maximum absolute atomic E-state index is 11.2. The van der Waals surface area contributed by atoms with Crippen molar-refractivity contribution in [1.82, 2.24) is 10.6 Å². The highest BCUT2D eigenvalue weighted by atomic mass is 16.5. The third-order valence-corrected chi connectivity index (χ3v) is 7.88. The summed E-state index contributed by atoms with van der Waals surface area (Å²) >= 11 is 0. The Kier molecular flexibility index (Phi) is 50.0. The van der Waals surface area contributed by atoms with Crippen LogP contribution in [0.5, 0.6) is 0 Å². The third kappa shape index (κ3) is 53.1. The molecule has 0 radical (unpaired) electrons. The molecule has 0 saturated heterocycles. The smallest absolute Gasteiger partial charge is 0.314 e. The molecule has 0 unspecified atom stereocenters. The fourth-order valence-electron chi connectivity index (χ4n) is 4.87. The first-order valence-corrected chi connectivity index (χ1v) is 19.9. The van der Waals surface area contributed by atoms with E-state index in [1.165, 1.54) is 91.3 Å². The van der Waals surface area contributed by atoms with Gasteiger partial charge in [-0.05, 0) is 96.4 Å². The molecule has 0 aromatic heterocycles. The number of nitrogens with one attached hydrogen (secondary N) is 2. The van der Waals surface area contributed by atoms with Gasteiger partial charge in [0.2, 0.25) is 0 Å². The zero-order valence-electron chi connectivity index (χ0n) is 33.3. The molecule has 0 aliphatic rings. The van der Waals surface area contributed by atoms with Gasteiger partial charge in [0.05, 0.1) is 20.6 Å². The van der Waals surface area contributed by atoms with Crippen LogP contribution in [0.2, 0.25) is 0 Å². The predicted molar refractivity (Wildman–Crippen MR) is 215 cm³/mol. The van der Waals surface area contributed by atoms with Crippen molar-refractivity contribution in [3.63, 3.8) is 0 Å². The van der Waals surface area contributed by atoms with E-state index < -0.39 is 0 Å². The molecular formula is C40H74N6O6. The van der Waals surface area contributed by atoms with E-state index >= 15 is 0 Å². The van der Waals surface area contributed by atoms with Crippen LogP contribution in [0.4, 0.5) is 4.79 Å². The van der Waals surface area contributed by atoms with Gasteiger partial charge < -0.3 is 25.3 Å². The molecule has 2 N–H and O–H groups in total. The molecule has 0 atom stereocenters. The minimum Gasteiger partial charge on any atom is -0.498 e. The standard InChI is InChI=1S/C20H38N2O3.C17H31N3O2.C3H5NO/c1-3-21-20(24)22-18-16-14-12-10-8-6-4-5-7-9-11-13-15-17-19(23)25-2;1-22-17(21)15-13-11-9-7-5-3-2-4-6-8-10-12-14-16-19-20-18;1-2-3-4-5/h8,10H,3-7,9,11-18H2,1-2H3,(H2,21,22,24);6,8H,2-5,7,9-16H2,1H3;2H2,1H3/b10-8-;8-6-;. The van der Waals surface area contributed by atoms with Crippen LogP contribution in [0, 0.1) is 11.3 Å². The molecule has 2 amide bonds. The fraction of sp³-hybridized carbons (Fsp3) is 0.800. The summed E-state index contributed by atoms with van der Waals surface area (Å²) < 4.78 is 9.23. The van der Waals surface area contributed by atoms with Crippen molar-refractivity contribution in [2.75, 3.05) is 33.9 Å². The lowest BCUT2D eigenvalue weighted by molar-refractivity contribution is -0.141. The zero-order valence-corrected chi connectivity index (χ0v) is 33.3. The van der Waals surface area contributed by atoms with Gasteiger partial charge in [-0.1, -0.05) is 93.6 Å². The van der Waals surface area contributed by atoms with Crippen molar-refractivity contribution >= 4 is 18.0 Å². The summed E-state index contributed by atoms with van der Waals surface area (Å²) in [6.45, 7) is 5.76. The highest BCUT2D eigenvalue weighted by Crippen LogP contribution is 2.12. The van der Waals surface area contributed by atoms with E-state index in [1.54, 1.807) is 6.92 Å². The Hall–Kier alpha value is -3.71. The number of hydrogen-bond acceptors (Lipinski definition) is 7. The van der Waals surface area contributed by atoms with Gasteiger partial charge in [-0.2, -0.15) is 0 Å². The van der Waals surface area contributed by atoms with E-state index in [1.807, 2.05) is 6.92 Å². The molecule has 0 aromatic rings. The Labute approximate surface area is 316 Å². The molecule has 0 spiro atoms. The second-order valence-corrected chi connectivity index (χ2v) is 12.5. The number of unbranched alkanes of at least 4 members (excludes halogenated alkanes) is 18. The van der Waals surface area contributed by atoms with Gasteiger partial charge in [-0.15, -0.1) is 0 Å². The lowest BCUT2D eigenvalue weighted by atomic mass is 10.1. The summed E-state index contributed by atoms with van der Waals surface area (Å²) in [6.07, 6.45) is 36.3. The number of carbonyl (C=O) groups excluding carboxylic acids is 3. The summed E-state index contributed by atoms with van der Waals surface area (Å²) in [6, 6.07) is 2.11. The van der Waals surface area contributed by atoms with Gasteiger partial charge in [-0.3, -0.25) is 9.59 Å². The molecule has 300 valence electrons. The average Bonchev–Trinajstić information content (AvgIpc) is 3.15. The van der Waals surface area contributed by atoms with E-state index in [0.717, 1.165) is 70.8 Å². The van der Waals surface area contributed by atoms with Crippen LogP contribution in [0.3, 0.4) is 0 Å². The van der Waals surface area contributed by atoms with Gasteiger partial charge >= 0.3 is 18.0 Å². The van der Waals surface area contributed by atoms with Crippen LogP contribution in [-0.2, 0) is 19.1 Å². The molecular weight excluding hydrogens is 660 g/mol. The number of ether oxygens (including phenoxy) is 2. The molecule has 0 bridgehead atoms. The van der Waals surface area contributed by atoms with Crippen LogP contribution in [0.15, 0.2) is 29.4 Å². The Morgan fingerprint density at radius 1 is 0.635 bits per heavy atom. The Bertz CT molecular complexity index is 973. The number of rotatable bonds is 31. The molecule has 0 heterocycles. The van der Waals surface area contributed by atoms with Crippen molar-refractivity contribution in [2.45, 2.75) is 174 Å². The van der Waals surface area contributed by atoms with Crippen molar-refractivity contribution in [3.8, 4) is 6.07 Å². The second kappa shape index (κ2) is 49.4. The highest BCUT2D eigenvalue weighted by molar-refractivity contribution is 5.73. The maximum Gasteiger partial charge on any atom is 0.314 e. The maximum atomic E-state index is 11.2. The number of allylic oxidation sites excluding steroid dienone is 4. The number of azide groups is 1. The van der Waals surface area contributed by atoms with Crippen LogP contribution in [0.1, 0.15) is 174 Å². The Morgan fingerprint density at radius 2 is 1.04 bits per heavy atom.